The average molecular weight is 216 g/mol. The van der Waals surface area contributed by atoms with E-state index in [1.807, 2.05) is 6.07 Å². The third-order valence-corrected chi connectivity index (χ3v) is 2.00. The van der Waals surface area contributed by atoms with Gasteiger partial charge < -0.3 is 9.72 Å². The van der Waals surface area contributed by atoms with Crippen molar-refractivity contribution in [1.29, 1.82) is 5.26 Å². The zero-order valence-electron chi connectivity index (χ0n) is 8.52. The number of H-pyrrole nitrogens is 1. The van der Waals surface area contributed by atoms with E-state index in [0.717, 1.165) is 0 Å². The van der Waals surface area contributed by atoms with Gasteiger partial charge >= 0.3 is 0 Å². The van der Waals surface area contributed by atoms with Gasteiger partial charge in [0, 0.05) is 0 Å². The summed E-state index contributed by atoms with van der Waals surface area (Å²) in [5.41, 5.74) is 0.177. The molecule has 0 bridgehead atoms. The first-order valence-corrected chi connectivity index (χ1v) is 4.67. The van der Waals surface area contributed by atoms with Crippen LogP contribution in [0, 0.1) is 11.3 Å². The molecule has 2 heterocycles. The minimum absolute atomic E-state index is 0.204. The van der Waals surface area contributed by atoms with Crippen molar-refractivity contribution in [1.82, 2.24) is 15.0 Å². The van der Waals surface area contributed by atoms with Gasteiger partial charge in [0.05, 0.1) is 18.3 Å². The van der Waals surface area contributed by atoms with Crippen LogP contribution in [0.15, 0.2) is 17.2 Å². The van der Waals surface area contributed by atoms with Crippen LogP contribution in [0.2, 0.25) is 0 Å². The average Bonchev–Trinajstić information content (AvgIpc) is 2.29. The molecule has 16 heavy (non-hydrogen) atoms. The number of ether oxygens (including phenoxy) is 1. The molecule has 0 saturated heterocycles. The van der Waals surface area contributed by atoms with Gasteiger partial charge in [-0.15, -0.1) is 0 Å². The minimum atomic E-state index is -0.322. The molecule has 2 rings (SSSR count). The third kappa shape index (κ3) is 1.59. The lowest BCUT2D eigenvalue weighted by atomic mass is 10.2. The summed E-state index contributed by atoms with van der Waals surface area (Å²) in [6.07, 6.45) is 1.26. The second-order valence-electron chi connectivity index (χ2n) is 2.99. The first-order valence-electron chi connectivity index (χ1n) is 4.67. The Balaban J connectivity index is 2.76. The normalized spacial score (nSPS) is 10.0. The van der Waals surface area contributed by atoms with Crippen LogP contribution in [-0.4, -0.2) is 21.6 Å². The molecule has 0 unspecified atom stereocenters. The molecule has 0 spiro atoms. The first kappa shape index (κ1) is 10.1. The zero-order valence-corrected chi connectivity index (χ0v) is 8.52. The number of aromatic nitrogens is 3. The molecule has 0 aliphatic carbocycles. The van der Waals surface area contributed by atoms with Crippen LogP contribution < -0.4 is 10.3 Å². The van der Waals surface area contributed by atoms with E-state index in [-0.39, 0.29) is 28.0 Å². The molecule has 0 aromatic carbocycles. The molecule has 6 heteroatoms. The van der Waals surface area contributed by atoms with Crippen LogP contribution in [0.25, 0.3) is 11.0 Å². The van der Waals surface area contributed by atoms with Crippen molar-refractivity contribution in [2.24, 2.45) is 0 Å². The quantitative estimate of drug-likeness (QED) is 0.793. The molecule has 0 atom stereocenters. The summed E-state index contributed by atoms with van der Waals surface area (Å²) in [4.78, 5) is 21.8. The summed E-state index contributed by atoms with van der Waals surface area (Å²) in [5, 5.41) is 9.17. The summed E-state index contributed by atoms with van der Waals surface area (Å²) < 4.78 is 5.19. The topological polar surface area (TPSA) is 91.7 Å². The van der Waals surface area contributed by atoms with Gasteiger partial charge in [-0.25, -0.2) is 4.98 Å². The van der Waals surface area contributed by atoms with Gasteiger partial charge in [0.1, 0.15) is 11.6 Å². The highest BCUT2D eigenvalue weighted by molar-refractivity contribution is 5.76. The molecule has 0 radical (unpaired) electrons. The Bertz CT molecular complexity index is 627. The Morgan fingerprint density at radius 1 is 1.62 bits per heavy atom. The monoisotopic (exact) mass is 216 g/mol. The number of pyridine rings is 1. The van der Waals surface area contributed by atoms with Gasteiger partial charge in [-0.3, -0.25) is 4.79 Å². The van der Waals surface area contributed by atoms with Crippen molar-refractivity contribution in [2.75, 3.05) is 6.61 Å². The van der Waals surface area contributed by atoms with Gasteiger partial charge in [0.25, 0.3) is 5.56 Å². The van der Waals surface area contributed by atoms with E-state index >= 15 is 0 Å². The van der Waals surface area contributed by atoms with E-state index in [4.69, 9.17) is 10.00 Å². The van der Waals surface area contributed by atoms with E-state index in [9.17, 15) is 4.79 Å². The van der Waals surface area contributed by atoms with Crippen LogP contribution in [0.4, 0.5) is 0 Å². The summed E-state index contributed by atoms with van der Waals surface area (Å²) in [5.74, 6) is 0.204. The molecule has 6 nitrogen and oxygen atoms in total. The molecule has 0 saturated carbocycles. The predicted octanol–water partition coefficient (Wildman–Crippen LogP) is 0.588. The van der Waals surface area contributed by atoms with Crippen molar-refractivity contribution in [3.63, 3.8) is 0 Å². The molecule has 2 aromatic rings. The van der Waals surface area contributed by atoms with Gasteiger partial charge in [0.2, 0.25) is 5.88 Å². The van der Waals surface area contributed by atoms with E-state index in [1.165, 1.54) is 12.4 Å². The maximum Gasteiger partial charge on any atom is 0.260 e. The first-order chi connectivity index (χ1) is 7.76. The number of fused-ring (bicyclic) bond motifs is 1. The Labute approximate surface area is 90.5 Å². The van der Waals surface area contributed by atoms with Gasteiger partial charge in [-0.1, -0.05) is 0 Å². The maximum atomic E-state index is 11.4. The highest BCUT2D eigenvalue weighted by Crippen LogP contribution is 2.17. The summed E-state index contributed by atoms with van der Waals surface area (Å²) in [6, 6.07) is 3.36. The van der Waals surface area contributed by atoms with E-state index in [1.54, 1.807) is 6.92 Å². The summed E-state index contributed by atoms with van der Waals surface area (Å²) in [6.45, 7) is 2.19. The highest BCUT2D eigenvalue weighted by atomic mass is 16.5. The highest BCUT2D eigenvalue weighted by Gasteiger charge is 2.09. The second kappa shape index (κ2) is 3.98. The Kier molecular flexibility index (Phi) is 2.52. The van der Waals surface area contributed by atoms with Gasteiger partial charge in [0.15, 0.2) is 5.65 Å². The molecule has 0 aliphatic rings. The van der Waals surface area contributed by atoms with Crippen LogP contribution in [0.3, 0.4) is 0 Å². The smallest absolute Gasteiger partial charge is 0.260 e. The molecule has 80 valence electrons. The number of rotatable bonds is 2. The predicted molar refractivity (Wildman–Crippen MR) is 56.0 cm³/mol. The SMILES string of the molecule is CCOc1nc2nc[nH]c(=O)c2cc1C#N. The van der Waals surface area contributed by atoms with E-state index in [0.29, 0.717) is 6.61 Å². The lowest BCUT2D eigenvalue weighted by Gasteiger charge is -2.04. The molecule has 0 aliphatic heterocycles. The fourth-order valence-electron chi connectivity index (χ4n) is 1.31. The number of hydrogen-bond donors (Lipinski definition) is 1. The molecule has 1 N–H and O–H groups in total. The largest absolute Gasteiger partial charge is 0.477 e. The van der Waals surface area contributed by atoms with Gasteiger partial charge in [-0.2, -0.15) is 10.2 Å². The van der Waals surface area contributed by atoms with E-state index < -0.39 is 0 Å². The van der Waals surface area contributed by atoms with Crippen molar-refractivity contribution >= 4 is 11.0 Å². The Hall–Kier alpha value is -2.42. The van der Waals surface area contributed by atoms with Crippen molar-refractivity contribution in [3.8, 4) is 11.9 Å². The number of aromatic amines is 1. The number of nitrogens with one attached hydrogen (secondary N) is 1. The van der Waals surface area contributed by atoms with Crippen molar-refractivity contribution < 1.29 is 4.74 Å². The van der Waals surface area contributed by atoms with E-state index in [2.05, 4.69) is 15.0 Å². The number of nitrogens with zero attached hydrogens (tertiary/aromatic N) is 3. The molecular formula is C10H8N4O2. The zero-order chi connectivity index (χ0) is 11.5. The maximum absolute atomic E-state index is 11.4. The second-order valence-corrected chi connectivity index (χ2v) is 2.99. The van der Waals surface area contributed by atoms with Crippen LogP contribution in [0.1, 0.15) is 12.5 Å². The number of nitriles is 1. The lowest BCUT2D eigenvalue weighted by Crippen LogP contribution is -2.09. The molecular weight excluding hydrogens is 208 g/mol. The fraction of sp³-hybridized carbons (Fsp3) is 0.200. The minimum Gasteiger partial charge on any atom is -0.477 e. The number of hydrogen-bond acceptors (Lipinski definition) is 5. The summed E-state index contributed by atoms with van der Waals surface area (Å²) >= 11 is 0. The van der Waals surface area contributed by atoms with Crippen LogP contribution in [-0.2, 0) is 0 Å². The van der Waals surface area contributed by atoms with Crippen LogP contribution >= 0.6 is 0 Å². The molecule has 2 aromatic heterocycles. The lowest BCUT2D eigenvalue weighted by molar-refractivity contribution is 0.327. The standard InChI is InChI=1S/C10H8N4O2/c1-2-16-10-6(4-11)3-7-8(14-10)12-5-13-9(7)15/h3,5H,2H2,1H3,(H,12,13,14,15). The fourth-order valence-corrected chi connectivity index (χ4v) is 1.31. The molecule has 0 amide bonds. The van der Waals surface area contributed by atoms with Crippen molar-refractivity contribution in [3.05, 3.63) is 28.3 Å². The summed E-state index contributed by atoms with van der Waals surface area (Å²) in [7, 11) is 0. The molecule has 0 fully saturated rings. The Morgan fingerprint density at radius 3 is 3.12 bits per heavy atom. The van der Waals surface area contributed by atoms with Crippen molar-refractivity contribution in [2.45, 2.75) is 6.92 Å². The van der Waals surface area contributed by atoms with Gasteiger partial charge in [-0.05, 0) is 13.0 Å². The Morgan fingerprint density at radius 2 is 2.44 bits per heavy atom. The third-order valence-electron chi connectivity index (χ3n) is 2.00. The van der Waals surface area contributed by atoms with Crippen LogP contribution in [0.5, 0.6) is 5.88 Å².